The van der Waals surface area contributed by atoms with E-state index in [1.807, 2.05) is 60.9 Å². The Morgan fingerprint density at radius 2 is 1.72 bits per heavy atom. The monoisotopic (exact) mass is 469 g/mol. The minimum absolute atomic E-state index is 0.0999. The number of rotatable bonds is 3. The maximum absolute atomic E-state index is 12.8. The third kappa shape index (κ3) is 3.50. The van der Waals surface area contributed by atoms with Crippen molar-refractivity contribution in [3.8, 4) is 5.69 Å². The van der Waals surface area contributed by atoms with Crippen LogP contribution in [0, 0.1) is 13.8 Å². The van der Waals surface area contributed by atoms with Gasteiger partial charge >= 0.3 is 0 Å². The summed E-state index contributed by atoms with van der Waals surface area (Å²) in [5.74, 6) is -0.798. The number of aryl methyl sites for hydroxylation is 1. The fraction of sp³-hybridized carbons (Fsp3) is 0.0909. The lowest BCUT2D eigenvalue weighted by molar-refractivity contribution is -0.117. The van der Waals surface area contributed by atoms with Gasteiger partial charge in [-0.3, -0.25) is 15.0 Å². The molecule has 7 heteroatoms. The lowest BCUT2D eigenvalue weighted by Gasteiger charge is -2.13. The predicted molar refractivity (Wildman–Crippen MR) is 118 cm³/mol. The van der Waals surface area contributed by atoms with E-state index in [1.54, 1.807) is 18.2 Å². The summed E-state index contributed by atoms with van der Waals surface area (Å²) in [6.45, 7) is 3.92. The second-order valence-corrected chi connectivity index (χ2v) is 8.00. The largest absolute Gasteiger partial charge is 0.318 e. The first-order valence-electron chi connectivity index (χ1n) is 8.93. The lowest BCUT2D eigenvalue weighted by Crippen LogP contribution is -2.35. The second kappa shape index (κ2) is 7.54. The Kier molecular flexibility index (Phi) is 5.06. The zero-order valence-electron chi connectivity index (χ0n) is 15.7. The standard InChI is InChI=1S/C22H17BrClN3O2/c1-13-10-15(14(2)26(13)17-8-9-19(23)20(24)12-17)11-18-21(28)25-27(22(18)29)16-6-4-3-5-7-16/h3-12H,1-2H3,(H,25,28). The van der Waals surface area contributed by atoms with E-state index in [1.165, 1.54) is 5.01 Å². The number of carbonyl (C=O) groups excluding carboxylic acids is 2. The van der Waals surface area contributed by atoms with Crippen LogP contribution in [0.3, 0.4) is 0 Å². The topological polar surface area (TPSA) is 54.3 Å². The number of hydrogen-bond acceptors (Lipinski definition) is 2. The number of nitrogens with one attached hydrogen (secondary N) is 1. The average Bonchev–Trinajstić information content (AvgIpc) is 3.15. The number of anilines is 1. The van der Waals surface area contributed by atoms with Gasteiger partial charge in [0.05, 0.1) is 10.7 Å². The molecule has 4 rings (SSSR count). The molecule has 1 aliphatic rings. The molecule has 3 aromatic rings. The first kappa shape index (κ1) is 19.5. The molecule has 0 saturated carbocycles. The van der Waals surface area contributed by atoms with Gasteiger partial charge in [0.15, 0.2) is 0 Å². The minimum Gasteiger partial charge on any atom is -0.318 e. The van der Waals surface area contributed by atoms with E-state index in [9.17, 15) is 9.59 Å². The fourth-order valence-corrected chi connectivity index (χ4v) is 3.85. The lowest BCUT2D eigenvalue weighted by atomic mass is 10.1. The Bertz CT molecular complexity index is 1170. The van der Waals surface area contributed by atoms with Gasteiger partial charge in [-0.1, -0.05) is 29.8 Å². The Morgan fingerprint density at radius 1 is 1.00 bits per heavy atom. The van der Waals surface area contributed by atoms with Crippen molar-refractivity contribution < 1.29 is 9.59 Å². The summed E-state index contributed by atoms with van der Waals surface area (Å²) < 4.78 is 2.86. The minimum atomic E-state index is -0.421. The fourth-order valence-electron chi connectivity index (χ4n) is 3.43. The Hall–Kier alpha value is -2.83. The van der Waals surface area contributed by atoms with Crippen molar-refractivity contribution in [3.05, 3.63) is 86.6 Å². The molecule has 5 nitrogen and oxygen atoms in total. The van der Waals surface area contributed by atoms with Crippen molar-refractivity contribution in [2.45, 2.75) is 13.8 Å². The Balaban J connectivity index is 1.73. The van der Waals surface area contributed by atoms with Gasteiger partial charge in [-0.05, 0) is 77.8 Å². The SMILES string of the molecule is Cc1cc(C=C2C(=O)NN(c3ccccc3)C2=O)c(C)n1-c1ccc(Br)c(Cl)c1. The number of halogens is 2. The number of nitrogens with zero attached hydrogens (tertiary/aromatic N) is 2. The smallest absolute Gasteiger partial charge is 0.282 e. The molecule has 1 fully saturated rings. The summed E-state index contributed by atoms with van der Waals surface area (Å²) in [5.41, 5.74) is 6.93. The first-order chi connectivity index (χ1) is 13.9. The van der Waals surface area contributed by atoms with Crippen molar-refractivity contribution in [1.82, 2.24) is 9.99 Å². The molecule has 0 atom stereocenters. The number of carbonyl (C=O) groups is 2. The van der Waals surface area contributed by atoms with Crippen LogP contribution in [0.1, 0.15) is 17.0 Å². The molecule has 146 valence electrons. The third-order valence-corrected chi connectivity index (χ3v) is 6.07. The highest BCUT2D eigenvalue weighted by Gasteiger charge is 2.34. The van der Waals surface area contributed by atoms with Crippen molar-refractivity contribution in [3.63, 3.8) is 0 Å². The molecule has 2 heterocycles. The van der Waals surface area contributed by atoms with E-state index >= 15 is 0 Å². The van der Waals surface area contributed by atoms with E-state index in [4.69, 9.17) is 11.6 Å². The molecule has 2 aromatic carbocycles. The van der Waals surface area contributed by atoms with E-state index in [0.717, 1.165) is 27.1 Å². The molecular formula is C22H17BrClN3O2. The third-order valence-electron chi connectivity index (χ3n) is 4.84. The van der Waals surface area contributed by atoms with E-state index in [2.05, 4.69) is 21.4 Å². The van der Waals surface area contributed by atoms with Gasteiger partial charge in [0.25, 0.3) is 11.8 Å². The molecule has 2 amide bonds. The van der Waals surface area contributed by atoms with Gasteiger partial charge in [0.1, 0.15) is 5.57 Å². The van der Waals surface area contributed by atoms with Gasteiger partial charge in [-0.2, -0.15) is 0 Å². The predicted octanol–water partition coefficient (Wildman–Crippen LogP) is 4.97. The molecule has 0 spiro atoms. The normalized spacial score (nSPS) is 15.3. The molecular weight excluding hydrogens is 454 g/mol. The maximum atomic E-state index is 12.8. The number of para-hydroxylation sites is 1. The summed E-state index contributed by atoms with van der Waals surface area (Å²) in [5, 5.41) is 1.88. The highest BCUT2D eigenvalue weighted by molar-refractivity contribution is 9.10. The van der Waals surface area contributed by atoms with Crippen LogP contribution in [0.2, 0.25) is 5.02 Å². The highest BCUT2D eigenvalue weighted by Crippen LogP contribution is 2.29. The van der Waals surface area contributed by atoms with Crippen LogP contribution in [-0.2, 0) is 9.59 Å². The van der Waals surface area contributed by atoms with Crippen LogP contribution < -0.4 is 10.4 Å². The van der Waals surface area contributed by atoms with Gasteiger partial charge in [-0.25, -0.2) is 5.01 Å². The van der Waals surface area contributed by atoms with Gasteiger partial charge in [0, 0.05) is 21.5 Å². The quantitative estimate of drug-likeness (QED) is 0.434. The summed E-state index contributed by atoms with van der Waals surface area (Å²) in [6, 6.07) is 16.7. The van der Waals surface area contributed by atoms with E-state index < -0.39 is 5.91 Å². The molecule has 0 radical (unpaired) electrons. The molecule has 0 bridgehead atoms. The summed E-state index contributed by atoms with van der Waals surface area (Å²) in [7, 11) is 0. The molecule has 0 aliphatic carbocycles. The summed E-state index contributed by atoms with van der Waals surface area (Å²) in [6.07, 6.45) is 1.64. The number of amides is 2. The van der Waals surface area contributed by atoms with Crippen LogP contribution in [-0.4, -0.2) is 16.4 Å². The molecule has 1 saturated heterocycles. The number of aromatic nitrogens is 1. The van der Waals surface area contributed by atoms with Gasteiger partial charge in [-0.15, -0.1) is 0 Å². The zero-order valence-corrected chi connectivity index (χ0v) is 18.1. The van der Waals surface area contributed by atoms with E-state index in [0.29, 0.717) is 10.7 Å². The van der Waals surface area contributed by atoms with Crippen molar-refractivity contribution in [1.29, 1.82) is 0 Å². The van der Waals surface area contributed by atoms with Crippen molar-refractivity contribution >= 4 is 51.1 Å². The molecule has 0 unspecified atom stereocenters. The Labute approximate surface area is 181 Å². The van der Waals surface area contributed by atoms with Crippen LogP contribution in [0.4, 0.5) is 5.69 Å². The maximum Gasteiger partial charge on any atom is 0.282 e. The van der Waals surface area contributed by atoms with E-state index in [-0.39, 0.29) is 11.5 Å². The van der Waals surface area contributed by atoms with Crippen LogP contribution >= 0.6 is 27.5 Å². The average molecular weight is 471 g/mol. The number of hydrogen-bond donors (Lipinski definition) is 1. The van der Waals surface area contributed by atoms with Crippen LogP contribution in [0.15, 0.2) is 64.6 Å². The molecule has 1 aromatic heterocycles. The molecule has 1 N–H and O–H groups in total. The highest BCUT2D eigenvalue weighted by atomic mass is 79.9. The van der Waals surface area contributed by atoms with Crippen LogP contribution in [0.25, 0.3) is 11.8 Å². The Morgan fingerprint density at radius 3 is 2.41 bits per heavy atom. The molecule has 29 heavy (non-hydrogen) atoms. The van der Waals surface area contributed by atoms with Gasteiger partial charge in [0.2, 0.25) is 0 Å². The van der Waals surface area contributed by atoms with Crippen molar-refractivity contribution in [2.24, 2.45) is 0 Å². The second-order valence-electron chi connectivity index (χ2n) is 6.74. The number of hydrazine groups is 1. The summed E-state index contributed by atoms with van der Waals surface area (Å²) in [4.78, 5) is 25.3. The van der Waals surface area contributed by atoms with Gasteiger partial charge < -0.3 is 4.57 Å². The molecule has 1 aliphatic heterocycles. The first-order valence-corrected chi connectivity index (χ1v) is 10.1. The van der Waals surface area contributed by atoms with Crippen LogP contribution in [0.5, 0.6) is 0 Å². The number of benzene rings is 2. The summed E-state index contributed by atoms with van der Waals surface area (Å²) >= 11 is 9.65. The zero-order chi connectivity index (χ0) is 20.7. The van der Waals surface area contributed by atoms with Crippen molar-refractivity contribution in [2.75, 3.05) is 5.01 Å².